The Morgan fingerprint density at radius 2 is 1.89 bits per heavy atom. The van der Waals surface area contributed by atoms with Crippen LogP contribution in [0.2, 0.25) is 0 Å². The molecule has 1 atom stereocenters. The van der Waals surface area contributed by atoms with Crippen LogP contribution in [0.1, 0.15) is 38.3 Å². The van der Waals surface area contributed by atoms with Crippen molar-refractivity contribution in [3.8, 4) is 0 Å². The first-order valence-electron chi connectivity index (χ1n) is 6.21. The molecular weight excluding hydrogens is 295 g/mol. The molecule has 0 radical (unpaired) electrons. The van der Waals surface area contributed by atoms with Gasteiger partial charge in [-0.15, -0.1) is 6.42 Å². The summed E-state index contributed by atoms with van der Waals surface area (Å²) in [6.07, 6.45) is 8.89. The molecule has 0 heterocycles. The second kappa shape index (κ2) is 4.78. The largest absolute Gasteiger partial charge is 0.268 e. The molecule has 0 N–H and O–H groups in total. The van der Waals surface area contributed by atoms with E-state index in [1.807, 2.05) is 0 Å². The first-order chi connectivity index (χ1) is 8.15. The van der Waals surface area contributed by atoms with Crippen molar-refractivity contribution >= 4 is 5.57 Å². The summed E-state index contributed by atoms with van der Waals surface area (Å²) in [6.45, 7) is 6.82. The number of allylic oxidation sites excluding steroid dienone is 6. The zero-order valence-electron chi connectivity index (χ0n) is 11.2. The SMILES string of the molecule is CC1=C(C)C(C)(C2=[C-]CC=C2)c2ccccc21.[Zr]. The quantitative estimate of drug-likeness (QED) is 0.673. The summed E-state index contributed by atoms with van der Waals surface area (Å²) in [5, 5.41) is 0. The van der Waals surface area contributed by atoms with E-state index in [1.54, 1.807) is 0 Å². The Kier molecular flexibility index (Phi) is 3.65. The Bertz CT molecular complexity index is 575. The van der Waals surface area contributed by atoms with Gasteiger partial charge < -0.3 is 0 Å². The van der Waals surface area contributed by atoms with Crippen LogP contribution in [-0.4, -0.2) is 0 Å². The van der Waals surface area contributed by atoms with Gasteiger partial charge >= 0.3 is 0 Å². The Balaban J connectivity index is 0.00000120. The molecule has 2 aliphatic carbocycles. The van der Waals surface area contributed by atoms with Gasteiger partial charge in [-0.2, -0.15) is 6.08 Å². The molecule has 0 amide bonds. The molecule has 0 saturated heterocycles. The number of benzene rings is 1. The van der Waals surface area contributed by atoms with Crippen molar-refractivity contribution in [3.63, 3.8) is 0 Å². The minimum absolute atomic E-state index is 0. The van der Waals surface area contributed by atoms with Gasteiger partial charge in [-0.25, -0.2) is 11.6 Å². The summed E-state index contributed by atoms with van der Waals surface area (Å²) in [7, 11) is 0. The molecule has 0 aromatic heterocycles. The average molecular weight is 313 g/mol. The maximum atomic E-state index is 3.50. The first kappa shape index (κ1) is 13.7. The monoisotopic (exact) mass is 311 g/mol. The molecule has 1 aromatic carbocycles. The van der Waals surface area contributed by atoms with Crippen molar-refractivity contribution in [1.82, 2.24) is 0 Å². The van der Waals surface area contributed by atoms with Gasteiger partial charge in [0.2, 0.25) is 0 Å². The van der Waals surface area contributed by atoms with Gasteiger partial charge in [-0.1, -0.05) is 36.8 Å². The van der Waals surface area contributed by atoms with Gasteiger partial charge in [-0.05, 0) is 30.5 Å². The van der Waals surface area contributed by atoms with Crippen LogP contribution in [-0.2, 0) is 31.6 Å². The molecule has 0 saturated carbocycles. The van der Waals surface area contributed by atoms with Crippen LogP contribution in [0.25, 0.3) is 5.57 Å². The van der Waals surface area contributed by atoms with Crippen LogP contribution in [0.4, 0.5) is 0 Å². The summed E-state index contributed by atoms with van der Waals surface area (Å²) in [5.41, 5.74) is 7.10. The second-order valence-corrected chi connectivity index (χ2v) is 5.12. The third-order valence-electron chi connectivity index (χ3n) is 4.42. The maximum Gasteiger partial charge on any atom is 0.00608 e. The summed E-state index contributed by atoms with van der Waals surface area (Å²) >= 11 is 0. The number of rotatable bonds is 1. The van der Waals surface area contributed by atoms with Crippen molar-refractivity contribution in [1.29, 1.82) is 0 Å². The van der Waals surface area contributed by atoms with Crippen molar-refractivity contribution in [2.45, 2.75) is 32.6 Å². The van der Waals surface area contributed by atoms with Gasteiger partial charge in [0.25, 0.3) is 0 Å². The van der Waals surface area contributed by atoms with Crippen LogP contribution in [0.5, 0.6) is 0 Å². The molecule has 3 rings (SSSR count). The first-order valence-corrected chi connectivity index (χ1v) is 6.21. The summed E-state index contributed by atoms with van der Waals surface area (Å²) in [6, 6.07) is 8.76. The van der Waals surface area contributed by atoms with E-state index in [1.165, 1.54) is 27.8 Å². The molecule has 0 fully saturated rings. The van der Waals surface area contributed by atoms with Gasteiger partial charge in [0.1, 0.15) is 0 Å². The average Bonchev–Trinajstić information content (AvgIpc) is 2.95. The van der Waals surface area contributed by atoms with E-state index in [0.29, 0.717) is 0 Å². The molecule has 0 bridgehead atoms. The molecule has 1 unspecified atom stereocenters. The normalized spacial score (nSPS) is 24.9. The van der Waals surface area contributed by atoms with E-state index in [9.17, 15) is 0 Å². The molecule has 1 aromatic rings. The second-order valence-electron chi connectivity index (χ2n) is 5.12. The molecule has 0 spiro atoms. The van der Waals surface area contributed by atoms with Gasteiger partial charge in [0, 0.05) is 31.6 Å². The number of hydrogen-bond donors (Lipinski definition) is 0. The predicted molar refractivity (Wildman–Crippen MR) is 72.6 cm³/mol. The fourth-order valence-corrected chi connectivity index (χ4v) is 3.12. The molecule has 90 valence electrons. The van der Waals surface area contributed by atoms with E-state index >= 15 is 0 Å². The van der Waals surface area contributed by atoms with Gasteiger partial charge in [0.15, 0.2) is 0 Å². The molecule has 2 aliphatic rings. The van der Waals surface area contributed by atoms with E-state index in [0.717, 1.165) is 6.42 Å². The third-order valence-corrected chi connectivity index (χ3v) is 4.42. The number of fused-ring (bicyclic) bond motifs is 1. The Hall–Kier alpha value is -0.677. The van der Waals surface area contributed by atoms with Crippen LogP contribution < -0.4 is 0 Å². The zero-order chi connectivity index (χ0) is 12.0. The molecular formula is C17H17Zr-. The smallest absolute Gasteiger partial charge is 0.00608 e. The minimum Gasteiger partial charge on any atom is -0.268 e. The summed E-state index contributed by atoms with van der Waals surface area (Å²) in [4.78, 5) is 0. The molecule has 18 heavy (non-hydrogen) atoms. The zero-order valence-corrected chi connectivity index (χ0v) is 13.6. The third kappa shape index (κ3) is 1.67. The molecule has 0 aliphatic heterocycles. The van der Waals surface area contributed by atoms with E-state index < -0.39 is 0 Å². The Labute approximate surface area is 129 Å². The van der Waals surface area contributed by atoms with Crippen LogP contribution >= 0.6 is 0 Å². The predicted octanol–water partition coefficient (Wildman–Crippen LogP) is 4.44. The fraction of sp³-hybridized carbons (Fsp3) is 0.294. The summed E-state index contributed by atoms with van der Waals surface area (Å²) in [5.74, 6) is 0. The van der Waals surface area contributed by atoms with Crippen LogP contribution in [0.3, 0.4) is 0 Å². The van der Waals surface area contributed by atoms with E-state index in [-0.39, 0.29) is 31.6 Å². The Morgan fingerprint density at radius 3 is 2.56 bits per heavy atom. The van der Waals surface area contributed by atoms with Crippen molar-refractivity contribution in [2.75, 3.05) is 0 Å². The number of hydrogen-bond acceptors (Lipinski definition) is 0. The van der Waals surface area contributed by atoms with Gasteiger partial charge in [0.05, 0.1) is 0 Å². The standard InChI is InChI=1S/C17H17.Zr/c1-12-13(2)17(3,14-8-4-5-9-14)16-11-7-6-10-15(12)16;/h4,6-8,10-11H,5H2,1-3H3;/q-1;. The van der Waals surface area contributed by atoms with Crippen molar-refractivity contribution in [3.05, 3.63) is 64.8 Å². The van der Waals surface area contributed by atoms with Crippen LogP contribution in [0, 0.1) is 6.08 Å². The molecule has 1 heteroatoms. The van der Waals surface area contributed by atoms with E-state index in [4.69, 9.17) is 0 Å². The maximum absolute atomic E-state index is 3.50. The van der Waals surface area contributed by atoms with Crippen molar-refractivity contribution in [2.24, 2.45) is 0 Å². The van der Waals surface area contributed by atoms with Gasteiger partial charge in [-0.3, -0.25) is 6.08 Å². The Morgan fingerprint density at radius 1 is 1.17 bits per heavy atom. The molecule has 0 nitrogen and oxygen atoms in total. The summed E-state index contributed by atoms with van der Waals surface area (Å²) < 4.78 is 0. The van der Waals surface area contributed by atoms with Crippen molar-refractivity contribution < 1.29 is 26.2 Å². The van der Waals surface area contributed by atoms with Crippen LogP contribution in [0.15, 0.2) is 47.6 Å². The fourth-order valence-electron chi connectivity index (χ4n) is 3.12. The minimum atomic E-state index is 0. The van der Waals surface area contributed by atoms with E-state index in [2.05, 4.69) is 63.3 Å². The topological polar surface area (TPSA) is 0 Å².